The molecule has 1 rings (SSSR count). The van der Waals surface area contributed by atoms with Crippen molar-refractivity contribution in [2.24, 2.45) is 5.92 Å². The largest absolute Gasteiger partial charge is 0.478 e. The van der Waals surface area contributed by atoms with E-state index in [1.54, 1.807) is 13.8 Å². The molecule has 8 heteroatoms. The van der Waals surface area contributed by atoms with Crippen molar-refractivity contribution in [3.63, 3.8) is 0 Å². The van der Waals surface area contributed by atoms with Crippen molar-refractivity contribution < 1.29 is 22.7 Å². The fourth-order valence-corrected chi connectivity index (χ4v) is 3.22. The van der Waals surface area contributed by atoms with Crippen LogP contribution in [-0.2, 0) is 10.0 Å². The van der Waals surface area contributed by atoms with Gasteiger partial charge in [-0.1, -0.05) is 29.8 Å². The Kier molecular flexibility index (Phi) is 5.05. The molecule has 0 spiro atoms. The summed E-state index contributed by atoms with van der Waals surface area (Å²) in [7, 11) is -4.08. The molecular weight excluding hydrogens is 341 g/mol. The zero-order valence-corrected chi connectivity index (χ0v) is 12.7. The monoisotopic (exact) mass is 353 g/mol. The predicted octanol–water partition coefficient (Wildman–Crippen LogP) is 2.22. The molecule has 0 fully saturated rings. The number of carboxylic acid groups (broad SMARTS) is 1. The normalized spacial score (nSPS) is 11.8. The van der Waals surface area contributed by atoms with Gasteiger partial charge in [0.1, 0.15) is 4.90 Å². The number of carbonyl (C=O) groups is 1. The van der Waals surface area contributed by atoms with E-state index in [9.17, 15) is 17.6 Å². The van der Waals surface area contributed by atoms with Gasteiger partial charge in [-0.15, -0.1) is 0 Å². The molecule has 0 unspecified atom stereocenters. The molecule has 0 aliphatic carbocycles. The Morgan fingerprint density at radius 3 is 2.53 bits per heavy atom. The molecule has 0 amide bonds. The molecule has 2 N–H and O–H groups in total. The first-order chi connectivity index (χ1) is 8.65. The van der Waals surface area contributed by atoms with Gasteiger partial charge < -0.3 is 5.11 Å². The predicted molar refractivity (Wildman–Crippen MR) is 71.1 cm³/mol. The summed E-state index contributed by atoms with van der Waals surface area (Å²) in [5.74, 6) is -2.75. The van der Waals surface area contributed by atoms with Gasteiger partial charge in [-0.2, -0.15) is 0 Å². The summed E-state index contributed by atoms with van der Waals surface area (Å²) in [4.78, 5) is 10.2. The number of aromatic carboxylic acids is 1. The Labute approximate surface area is 119 Å². The summed E-state index contributed by atoms with van der Waals surface area (Å²) >= 11 is 2.97. The van der Waals surface area contributed by atoms with E-state index < -0.39 is 32.3 Å². The first kappa shape index (κ1) is 16.1. The lowest BCUT2D eigenvalue weighted by Gasteiger charge is -2.11. The van der Waals surface area contributed by atoms with Gasteiger partial charge in [0.2, 0.25) is 10.0 Å². The van der Waals surface area contributed by atoms with Gasteiger partial charge in [-0.25, -0.2) is 22.3 Å². The molecule has 1 aromatic carbocycles. The highest BCUT2D eigenvalue weighted by molar-refractivity contribution is 9.10. The number of hydrogen-bond acceptors (Lipinski definition) is 3. The maximum absolute atomic E-state index is 13.9. The summed E-state index contributed by atoms with van der Waals surface area (Å²) in [6, 6.07) is 2.05. The fourth-order valence-electron chi connectivity index (χ4n) is 1.27. The molecule has 1 aromatic rings. The first-order valence-corrected chi connectivity index (χ1v) is 7.64. The Morgan fingerprint density at radius 2 is 2.05 bits per heavy atom. The number of hydrogen-bond donors (Lipinski definition) is 2. The van der Waals surface area contributed by atoms with Crippen molar-refractivity contribution >= 4 is 31.9 Å². The molecule has 0 saturated heterocycles. The van der Waals surface area contributed by atoms with Crippen molar-refractivity contribution in [2.45, 2.75) is 18.7 Å². The van der Waals surface area contributed by atoms with Crippen LogP contribution >= 0.6 is 15.9 Å². The minimum atomic E-state index is -4.08. The van der Waals surface area contributed by atoms with Crippen LogP contribution in [0.5, 0.6) is 0 Å². The minimum absolute atomic E-state index is 0.0453. The molecule has 0 radical (unpaired) electrons. The average Bonchev–Trinajstić information content (AvgIpc) is 2.28. The molecule has 106 valence electrons. The van der Waals surface area contributed by atoms with E-state index >= 15 is 0 Å². The summed E-state index contributed by atoms with van der Waals surface area (Å²) in [5, 5.41) is 8.82. The number of benzene rings is 1. The minimum Gasteiger partial charge on any atom is -0.478 e. The third-order valence-corrected chi connectivity index (χ3v) is 4.09. The highest BCUT2D eigenvalue weighted by Crippen LogP contribution is 2.24. The maximum atomic E-state index is 13.9. The second kappa shape index (κ2) is 5.98. The van der Waals surface area contributed by atoms with E-state index in [4.69, 9.17) is 5.11 Å². The topological polar surface area (TPSA) is 83.5 Å². The van der Waals surface area contributed by atoms with E-state index in [1.165, 1.54) is 0 Å². The van der Waals surface area contributed by atoms with Gasteiger partial charge in [-0.3, -0.25) is 0 Å². The van der Waals surface area contributed by atoms with Crippen molar-refractivity contribution in [1.82, 2.24) is 4.72 Å². The molecule has 0 atom stereocenters. The number of carboxylic acids is 1. The Hall–Kier alpha value is -0.990. The van der Waals surface area contributed by atoms with Gasteiger partial charge in [-0.05, 0) is 18.1 Å². The molecule has 0 aliphatic heterocycles. The van der Waals surface area contributed by atoms with Crippen molar-refractivity contribution in [3.8, 4) is 0 Å². The first-order valence-electron chi connectivity index (χ1n) is 5.37. The van der Waals surface area contributed by atoms with Gasteiger partial charge >= 0.3 is 5.97 Å². The Morgan fingerprint density at radius 1 is 1.47 bits per heavy atom. The lowest BCUT2D eigenvalue weighted by atomic mass is 10.2. The van der Waals surface area contributed by atoms with Crippen LogP contribution in [0.25, 0.3) is 0 Å². The standard InChI is InChI=1S/C11H13BrFNO4S/c1-6(2)5-14-19(17,18)9-4-7(12)3-8(10(9)13)11(15)16/h3-4,6,14H,5H2,1-2H3,(H,15,16). The lowest BCUT2D eigenvalue weighted by molar-refractivity contribution is 0.0691. The zero-order chi connectivity index (χ0) is 14.8. The number of nitrogens with one attached hydrogen (secondary N) is 1. The van der Waals surface area contributed by atoms with Crippen LogP contribution in [0.2, 0.25) is 0 Å². The lowest BCUT2D eigenvalue weighted by Crippen LogP contribution is -2.28. The van der Waals surface area contributed by atoms with Crippen LogP contribution in [0.1, 0.15) is 24.2 Å². The summed E-state index contributed by atoms with van der Waals surface area (Å²) in [5.41, 5.74) is -0.695. The van der Waals surface area contributed by atoms with Crippen LogP contribution in [0.3, 0.4) is 0 Å². The SMILES string of the molecule is CC(C)CNS(=O)(=O)c1cc(Br)cc(C(=O)O)c1F. The smallest absolute Gasteiger partial charge is 0.338 e. The molecule has 0 aliphatic rings. The highest BCUT2D eigenvalue weighted by atomic mass is 79.9. The third kappa shape index (κ3) is 3.99. The van der Waals surface area contributed by atoms with E-state index in [2.05, 4.69) is 20.7 Å². The van der Waals surface area contributed by atoms with Gasteiger partial charge in [0, 0.05) is 11.0 Å². The van der Waals surface area contributed by atoms with Crippen molar-refractivity contribution in [2.75, 3.05) is 6.54 Å². The third-order valence-electron chi connectivity index (χ3n) is 2.21. The van der Waals surface area contributed by atoms with Gasteiger partial charge in [0.15, 0.2) is 5.82 Å². The van der Waals surface area contributed by atoms with E-state index in [0.29, 0.717) is 0 Å². The van der Waals surface area contributed by atoms with Crippen LogP contribution < -0.4 is 4.72 Å². The maximum Gasteiger partial charge on any atom is 0.338 e. The summed E-state index contributed by atoms with van der Waals surface area (Å²) < 4.78 is 40.1. The molecule has 5 nitrogen and oxygen atoms in total. The van der Waals surface area contributed by atoms with Crippen LogP contribution in [0.4, 0.5) is 4.39 Å². The molecule has 0 bridgehead atoms. The van der Waals surface area contributed by atoms with Crippen molar-refractivity contribution in [3.05, 3.63) is 28.0 Å². The zero-order valence-electron chi connectivity index (χ0n) is 10.3. The van der Waals surface area contributed by atoms with Crippen LogP contribution in [0.15, 0.2) is 21.5 Å². The van der Waals surface area contributed by atoms with E-state index in [-0.39, 0.29) is 16.9 Å². The van der Waals surface area contributed by atoms with Gasteiger partial charge in [0.25, 0.3) is 0 Å². The number of sulfonamides is 1. The Balaban J connectivity index is 3.31. The van der Waals surface area contributed by atoms with Crippen molar-refractivity contribution in [1.29, 1.82) is 0 Å². The number of halogens is 2. The second-order valence-corrected chi connectivity index (χ2v) is 6.97. The quantitative estimate of drug-likeness (QED) is 0.849. The Bertz CT molecular complexity index is 601. The second-order valence-electron chi connectivity index (χ2n) is 4.32. The molecule has 0 aromatic heterocycles. The molecule has 0 saturated carbocycles. The summed E-state index contributed by atoms with van der Waals surface area (Å²) in [6.07, 6.45) is 0. The van der Waals surface area contributed by atoms with Crippen LogP contribution in [-0.4, -0.2) is 26.0 Å². The molecular formula is C11H13BrFNO4S. The van der Waals surface area contributed by atoms with E-state index in [1.807, 2.05) is 0 Å². The van der Waals surface area contributed by atoms with Crippen LogP contribution in [0, 0.1) is 11.7 Å². The van der Waals surface area contributed by atoms with E-state index in [0.717, 1.165) is 12.1 Å². The fraction of sp³-hybridized carbons (Fsp3) is 0.364. The summed E-state index contributed by atoms with van der Waals surface area (Å²) in [6.45, 7) is 3.72. The molecule has 19 heavy (non-hydrogen) atoms. The van der Waals surface area contributed by atoms with Gasteiger partial charge in [0.05, 0.1) is 5.56 Å². The highest BCUT2D eigenvalue weighted by Gasteiger charge is 2.24. The molecule has 0 heterocycles. The average molecular weight is 354 g/mol. The number of rotatable bonds is 5.